The van der Waals surface area contributed by atoms with Crippen LogP contribution in [-0.4, -0.2) is 51.5 Å². The van der Waals surface area contributed by atoms with Crippen LogP contribution in [0.25, 0.3) is 0 Å². The van der Waals surface area contributed by atoms with Gasteiger partial charge >= 0.3 is 0 Å². The molecule has 1 aliphatic heterocycles. The summed E-state index contributed by atoms with van der Waals surface area (Å²) in [7, 11) is -2.29. The lowest BCUT2D eigenvalue weighted by Gasteiger charge is -2.24. The highest BCUT2D eigenvalue weighted by Crippen LogP contribution is 2.29. The highest BCUT2D eigenvalue weighted by atomic mass is 32.2. The lowest BCUT2D eigenvalue weighted by Crippen LogP contribution is -2.40. The van der Waals surface area contributed by atoms with Crippen molar-refractivity contribution in [3.63, 3.8) is 0 Å². The van der Waals surface area contributed by atoms with Crippen molar-refractivity contribution in [2.24, 2.45) is 5.73 Å². The first-order valence-electron chi connectivity index (χ1n) is 8.17. The fourth-order valence-electron chi connectivity index (χ4n) is 3.02. The molecule has 2 fully saturated rings. The van der Waals surface area contributed by atoms with Crippen molar-refractivity contribution in [2.45, 2.75) is 42.7 Å². The molecule has 1 amide bonds. The van der Waals surface area contributed by atoms with Crippen molar-refractivity contribution >= 4 is 15.9 Å². The van der Waals surface area contributed by atoms with Crippen LogP contribution in [0.2, 0.25) is 0 Å². The molecule has 0 aromatic heterocycles. The number of hydrogen-bond donors (Lipinski definition) is 2. The second-order valence-corrected chi connectivity index (χ2v) is 7.97. The minimum atomic E-state index is -3.71. The highest BCUT2D eigenvalue weighted by molar-refractivity contribution is 7.89. The Balaban J connectivity index is 1.92. The molecule has 7 nitrogen and oxygen atoms in total. The van der Waals surface area contributed by atoms with Crippen molar-refractivity contribution < 1.29 is 17.9 Å². The first-order valence-corrected chi connectivity index (χ1v) is 9.66. The number of rotatable bonds is 6. The maximum atomic E-state index is 12.7. The number of nitrogens with two attached hydrogens (primary N) is 1. The normalized spacial score (nSPS) is 21.1. The number of nitrogens with zero attached hydrogens (tertiary/aromatic N) is 1. The van der Waals surface area contributed by atoms with Crippen LogP contribution in [0, 0.1) is 0 Å². The molecule has 1 saturated heterocycles. The average Bonchev–Trinajstić information content (AvgIpc) is 3.25. The summed E-state index contributed by atoms with van der Waals surface area (Å²) in [5.74, 6) is 0.0463. The molecule has 3 rings (SSSR count). The van der Waals surface area contributed by atoms with E-state index in [2.05, 4.69) is 4.72 Å². The Morgan fingerprint density at radius 2 is 2.12 bits per heavy atom. The Hall–Kier alpha value is -1.64. The zero-order chi connectivity index (χ0) is 17.3. The van der Waals surface area contributed by atoms with E-state index in [0.29, 0.717) is 18.7 Å². The van der Waals surface area contributed by atoms with E-state index in [9.17, 15) is 13.2 Å². The van der Waals surface area contributed by atoms with Gasteiger partial charge in [0.25, 0.3) is 5.91 Å². The summed E-state index contributed by atoms with van der Waals surface area (Å²) in [6, 6.07) is 4.53. The lowest BCUT2D eigenvalue weighted by atomic mass is 10.1. The molecule has 132 valence electrons. The van der Waals surface area contributed by atoms with E-state index in [1.165, 1.54) is 19.2 Å². The summed E-state index contributed by atoms with van der Waals surface area (Å²) in [6.07, 6.45) is 3.48. The van der Waals surface area contributed by atoms with Gasteiger partial charge in [0.1, 0.15) is 10.6 Å². The smallest absolute Gasteiger partial charge is 0.254 e. The monoisotopic (exact) mass is 353 g/mol. The van der Waals surface area contributed by atoms with E-state index in [1.54, 1.807) is 11.0 Å². The Bertz CT molecular complexity index is 731. The van der Waals surface area contributed by atoms with Crippen molar-refractivity contribution in [2.75, 3.05) is 20.2 Å². The van der Waals surface area contributed by atoms with Crippen LogP contribution in [0.5, 0.6) is 5.75 Å². The van der Waals surface area contributed by atoms with Gasteiger partial charge in [-0.1, -0.05) is 0 Å². The van der Waals surface area contributed by atoms with Gasteiger partial charge in [-0.2, -0.15) is 0 Å². The maximum absolute atomic E-state index is 12.7. The Morgan fingerprint density at radius 3 is 2.75 bits per heavy atom. The maximum Gasteiger partial charge on any atom is 0.254 e. The third kappa shape index (κ3) is 3.40. The van der Waals surface area contributed by atoms with E-state index in [-0.39, 0.29) is 28.6 Å². The number of sulfonamides is 1. The molecule has 1 aromatic carbocycles. The standard InChI is InChI=1S/C16H23N3O4S/c1-23-14-7-4-11(16(20)19-8-2-3-13(19)10-17)9-15(14)24(21,22)18-12-5-6-12/h4,7,9,12-13,18H,2-3,5-6,8,10,17H2,1H3. The zero-order valence-electron chi connectivity index (χ0n) is 13.7. The first-order chi connectivity index (χ1) is 11.5. The molecule has 0 spiro atoms. The summed E-state index contributed by atoms with van der Waals surface area (Å²) in [4.78, 5) is 14.5. The van der Waals surface area contributed by atoms with Crippen LogP contribution in [0.4, 0.5) is 0 Å². The van der Waals surface area contributed by atoms with Crippen molar-refractivity contribution in [3.8, 4) is 5.75 Å². The van der Waals surface area contributed by atoms with Crippen molar-refractivity contribution in [1.29, 1.82) is 0 Å². The van der Waals surface area contributed by atoms with Gasteiger partial charge in [0, 0.05) is 30.7 Å². The predicted molar refractivity (Wildman–Crippen MR) is 89.5 cm³/mol. The molecule has 8 heteroatoms. The molecule has 1 aliphatic carbocycles. The molecule has 1 aromatic rings. The Morgan fingerprint density at radius 1 is 1.38 bits per heavy atom. The van der Waals surface area contributed by atoms with E-state index >= 15 is 0 Å². The summed E-state index contributed by atoms with van der Waals surface area (Å²) >= 11 is 0. The third-order valence-electron chi connectivity index (χ3n) is 4.51. The molecule has 2 aliphatic rings. The third-order valence-corrected chi connectivity index (χ3v) is 6.05. The fourth-order valence-corrected chi connectivity index (χ4v) is 4.52. The molecule has 0 bridgehead atoms. The van der Waals surface area contributed by atoms with Crippen LogP contribution in [-0.2, 0) is 10.0 Å². The van der Waals surface area contributed by atoms with Gasteiger partial charge < -0.3 is 15.4 Å². The summed E-state index contributed by atoms with van der Waals surface area (Å²) < 4.78 is 32.9. The zero-order valence-corrected chi connectivity index (χ0v) is 14.5. The van der Waals surface area contributed by atoms with E-state index < -0.39 is 10.0 Å². The van der Waals surface area contributed by atoms with Crippen molar-refractivity contribution in [3.05, 3.63) is 23.8 Å². The number of carbonyl (C=O) groups is 1. The quantitative estimate of drug-likeness (QED) is 0.784. The summed E-state index contributed by atoms with van der Waals surface area (Å²) in [5, 5.41) is 0. The predicted octanol–water partition coefficient (Wildman–Crippen LogP) is 0.699. The van der Waals surface area contributed by atoms with Crippen LogP contribution < -0.4 is 15.2 Å². The molecule has 1 atom stereocenters. The van der Waals surface area contributed by atoms with Gasteiger partial charge in [-0.05, 0) is 43.9 Å². The summed E-state index contributed by atoms with van der Waals surface area (Å²) in [5.41, 5.74) is 6.07. The molecule has 3 N–H and O–H groups in total. The topological polar surface area (TPSA) is 102 Å². The van der Waals surface area contributed by atoms with Crippen LogP contribution in [0.1, 0.15) is 36.0 Å². The SMILES string of the molecule is COc1ccc(C(=O)N2CCCC2CN)cc1S(=O)(=O)NC1CC1. The van der Waals surface area contributed by atoms with Gasteiger partial charge in [0.05, 0.1) is 7.11 Å². The Labute approximate surface area is 142 Å². The number of nitrogens with one attached hydrogen (secondary N) is 1. The number of hydrogen-bond acceptors (Lipinski definition) is 5. The van der Waals surface area contributed by atoms with Crippen LogP contribution >= 0.6 is 0 Å². The van der Waals surface area contributed by atoms with Gasteiger partial charge in [0.2, 0.25) is 10.0 Å². The molecular formula is C16H23N3O4S. The number of amides is 1. The molecular weight excluding hydrogens is 330 g/mol. The van der Waals surface area contributed by atoms with Gasteiger partial charge in [0.15, 0.2) is 0 Å². The minimum absolute atomic E-state index is 0.00578. The second kappa shape index (κ2) is 6.70. The van der Waals surface area contributed by atoms with E-state index in [1.807, 2.05) is 0 Å². The minimum Gasteiger partial charge on any atom is -0.495 e. The molecule has 1 unspecified atom stereocenters. The van der Waals surface area contributed by atoms with Crippen LogP contribution in [0.15, 0.2) is 23.1 Å². The van der Waals surface area contributed by atoms with Crippen LogP contribution in [0.3, 0.4) is 0 Å². The lowest BCUT2D eigenvalue weighted by molar-refractivity contribution is 0.0741. The molecule has 1 heterocycles. The first kappa shape index (κ1) is 17.2. The van der Waals surface area contributed by atoms with Gasteiger partial charge in [-0.25, -0.2) is 13.1 Å². The average molecular weight is 353 g/mol. The highest BCUT2D eigenvalue weighted by Gasteiger charge is 2.32. The number of benzene rings is 1. The van der Waals surface area contributed by atoms with Crippen molar-refractivity contribution in [1.82, 2.24) is 9.62 Å². The van der Waals surface area contributed by atoms with Gasteiger partial charge in [-0.15, -0.1) is 0 Å². The number of methoxy groups -OCH3 is 1. The number of carbonyl (C=O) groups excluding carboxylic acids is 1. The van der Waals surface area contributed by atoms with E-state index in [0.717, 1.165) is 25.7 Å². The van der Waals surface area contributed by atoms with E-state index in [4.69, 9.17) is 10.5 Å². The van der Waals surface area contributed by atoms with Gasteiger partial charge in [-0.3, -0.25) is 4.79 Å². The molecule has 1 saturated carbocycles. The second-order valence-electron chi connectivity index (χ2n) is 6.29. The fraction of sp³-hybridized carbons (Fsp3) is 0.562. The number of ether oxygens (including phenoxy) is 1. The molecule has 24 heavy (non-hydrogen) atoms. The summed E-state index contributed by atoms with van der Waals surface area (Å²) in [6.45, 7) is 1.06. The molecule has 0 radical (unpaired) electrons. The Kier molecular flexibility index (Phi) is 4.80. The largest absolute Gasteiger partial charge is 0.495 e. The number of likely N-dealkylation sites (tertiary alicyclic amines) is 1.